The number of nitrogens with two attached hydrogens (primary N) is 1. The molecule has 3 N–H and O–H groups in total. The number of H-pyrrole nitrogens is 1. The van der Waals surface area contributed by atoms with Gasteiger partial charge in [-0.05, 0) is 41.6 Å². The third-order valence-electron chi connectivity index (χ3n) is 3.88. The van der Waals surface area contributed by atoms with Crippen LogP contribution in [0.2, 0.25) is 0 Å². The summed E-state index contributed by atoms with van der Waals surface area (Å²) in [6, 6.07) is 7.54. The highest BCUT2D eigenvalue weighted by atomic mass is 32.1. The number of hydrogen-bond acceptors (Lipinski definition) is 4. The van der Waals surface area contributed by atoms with E-state index in [9.17, 15) is 4.79 Å². The Kier molecular flexibility index (Phi) is 2.71. The van der Waals surface area contributed by atoms with Crippen LogP contribution in [-0.2, 0) is 13.0 Å². The lowest BCUT2D eigenvalue weighted by Crippen LogP contribution is -2.35. The summed E-state index contributed by atoms with van der Waals surface area (Å²) >= 11 is 1.76. The summed E-state index contributed by atoms with van der Waals surface area (Å²) in [7, 11) is 0. The maximum atomic E-state index is 12.7. The molecule has 1 aliphatic heterocycles. The number of nitrogens with one attached hydrogen (secondary N) is 1. The molecule has 0 bridgehead atoms. The largest absolute Gasteiger partial charge is 0.399 e. The summed E-state index contributed by atoms with van der Waals surface area (Å²) in [6.07, 6.45) is 0.920. The van der Waals surface area contributed by atoms with Gasteiger partial charge >= 0.3 is 0 Å². The van der Waals surface area contributed by atoms with Crippen LogP contribution in [0.25, 0.3) is 10.9 Å². The maximum absolute atomic E-state index is 12.7. The molecular formula is C15H14N4OS. The van der Waals surface area contributed by atoms with E-state index in [0.717, 1.165) is 23.9 Å². The normalized spacial score (nSPS) is 14.4. The van der Waals surface area contributed by atoms with Crippen molar-refractivity contribution in [2.24, 2.45) is 0 Å². The predicted molar refractivity (Wildman–Crippen MR) is 83.3 cm³/mol. The first-order chi connectivity index (χ1) is 10.2. The van der Waals surface area contributed by atoms with E-state index in [4.69, 9.17) is 5.73 Å². The summed E-state index contributed by atoms with van der Waals surface area (Å²) in [5.74, 6) is -0.0382. The molecule has 0 aliphatic carbocycles. The second-order valence-electron chi connectivity index (χ2n) is 5.22. The first-order valence-corrected chi connectivity index (χ1v) is 7.68. The summed E-state index contributed by atoms with van der Waals surface area (Å²) in [4.78, 5) is 16.0. The van der Waals surface area contributed by atoms with Crippen LogP contribution in [0.3, 0.4) is 0 Å². The maximum Gasteiger partial charge on any atom is 0.275 e. The van der Waals surface area contributed by atoms with Gasteiger partial charge < -0.3 is 10.6 Å². The van der Waals surface area contributed by atoms with Crippen LogP contribution in [0.1, 0.15) is 20.9 Å². The van der Waals surface area contributed by atoms with Gasteiger partial charge in [-0.25, -0.2) is 0 Å². The minimum absolute atomic E-state index is 0.0382. The monoisotopic (exact) mass is 298 g/mol. The summed E-state index contributed by atoms with van der Waals surface area (Å²) in [6.45, 7) is 1.40. The predicted octanol–water partition coefficient (Wildman–Crippen LogP) is 2.41. The highest BCUT2D eigenvalue weighted by molar-refractivity contribution is 7.10. The Morgan fingerprint density at radius 3 is 3.19 bits per heavy atom. The van der Waals surface area contributed by atoms with Crippen molar-refractivity contribution >= 4 is 33.8 Å². The summed E-state index contributed by atoms with van der Waals surface area (Å²) in [5, 5.41) is 9.96. The molecule has 0 spiro atoms. The topological polar surface area (TPSA) is 75.0 Å². The highest BCUT2D eigenvalue weighted by Gasteiger charge is 2.25. The average Bonchev–Trinajstić information content (AvgIpc) is 3.11. The molecule has 106 valence electrons. The minimum Gasteiger partial charge on any atom is -0.399 e. The van der Waals surface area contributed by atoms with Gasteiger partial charge in [-0.1, -0.05) is 0 Å². The Morgan fingerprint density at radius 2 is 2.29 bits per heavy atom. The minimum atomic E-state index is -0.0382. The molecule has 0 fully saturated rings. The van der Waals surface area contributed by atoms with Crippen LogP contribution in [0.5, 0.6) is 0 Å². The highest BCUT2D eigenvalue weighted by Crippen LogP contribution is 2.26. The standard InChI is InChI=1S/C15H14N4OS/c16-10-1-2-12-11(7-10)14(18-17-12)15(20)19-5-3-13-9(8-19)4-6-21-13/h1-2,4,6-7H,3,5,8,16H2,(H,17,18). The van der Waals surface area contributed by atoms with Crippen molar-refractivity contribution in [3.05, 3.63) is 45.8 Å². The lowest BCUT2D eigenvalue weighted by atomic mass is 10.1. The zero-order valence-corrected chi connectivity index (χ0v) is 12.1. The second kappa shape index (κ2) is 4.60. The van der Waals surface area contributed by atoms with E-state index in [2.05, 4.69) is 21.6 Å². The molecule has 6 heteroatoms. The number of carbonyl (C=O) groups excluding carboxylic acids is 1. The Hall–Kier alpha value is -2.34. The summed E-state index contributed by atoms with van der Waals surface area (Å²) < 4.78 is 0. The van der Waals surface area contributed by atoms with E-state index in [1.165, 1.54) is 10.4 Å². The SMILES string of the molecule is Nc1ccc2[nH]nc(C(=O)N3CCc4sccc4C3)c2c1. The number of aromatic amines is 1. The van der Waals surface area contributed by atoms with Crippen molar-refractivity contribution < 1.29 is 4.79 Å². The van der Waals surface area contributed by atoms with Crippen LogP contribution >= 0.6 is 11.3 Å². The Morgan fingerprint density at radius 1 is 1.38 bits per heavy atom. The van der Waals surface area contributed by atoms with E-state index in [1.54, 1.807) is 23.5 Å². The van der Waals surface area contributed by atoms with Crippen molar-refractivity contribution in [1.29, 1.82) is 0 Å². The third kappa shape index (κ3) is 1.99. The van der Waals surface area contributed by atoms with E-state index < -0.39 is 0 Å². The van der Waals surface area contributed by atoms with Gasteiger partial charge in [-0.15, -0.1) is 11.3 Å². The fourth-order valence-corrected chi connectivity index (χ4v) is 3.66. The molecule has 0 unspecified atom stereocenters. The molecule has 1 amide bonds. The molecule has 5 nitrogen and oxygen atoms in total. The van der Waals surface area contributed by atoms with E-state index in [-0.39, 0.29) is 5.91 Å². The third-order valence-corrected chi connectivity index (χ3v) is 4.91. The van der Waals surface area contributed by atoms with Crippen LogP contribution in [0, 0.1) is 0 Å². The fourth-order valence-electron chi connectivity index (χ4n) is 2.77. The number of benzene rings is 1. The van der Waals surface area contributed by atoms with Crippen LogP contribution < -0.4 is 5.73 Å². The van der Waals surface area contributed by atoms with Gasteiger partial charge in [0.15, 0.2) is 5.69 Å². The molecule has 3 heterocycles. The van der Waals surface area contributed by atoms with E-state index in [1.807, 2.05) is 11.0 Å². The lowest BCUT2D eigenvalue weighted by molar-refractivity contribution is 0.0732. The van der Waals surface area contributed by atoms with Crippen molar-refractivity contribution in [2.45, 2.75) is 13.0 Å². The fraction of sp³-hybridized carbons (Fsp3) is 0.200. The number of nitrogen functional groups attached to an aromatic ring is 1. The van der Waals surface area contributed by atoms with Crippen molar-refractivity contribution in [2.75, 3.05) is 12.3 Å². The zero-order valence-electron chi connectivity index (χ0n) is 11.3. The molecular weight excluding hydrogens is 284 g/mol. The van der Waals surface area contributed by atoms with E-state index in [0.29, 0.717) is 17.9 Å². The van der Waals surface area contributed by atoms with Gasteiger partial charge in [0.25, 0.3) is 5.91 Å². The number of aromatic nitrogens is 2. The van der Waals surface area contributed by atoms with Gasteiger partial charge in [0, 0.05) is 29.0 Å². The van der Waals surface area contributed by atoms with E-state index >= 15 is 0 Å². The number of fused-ring (bicyclic) bond motifs is 2. The molecule has 0 atom stereocenters. The van der Waals surface area contributed by atoms with Gasteiger partial charge in [0.05, 0.1) is 5.52 Å². The number of amides is 1. The lowest BCUT2D eigenvalue weighted by Gasteiger charge is -2.26. The van der Waals surface area contributed by atoms with Gasteiger partial charge in [-0.3, -0.25) is 9.89 Å². The first kappa shape index (κ1) is 12.4. The number of nitrogens with zero attached hydrogens (tertiary/aromatic N) is 2. The molecule has 0 saturated heterocycles. The van der Waals surface area contributed by atoms with Crippen molar-refractivity contribution in [3.8, 4) is 0 Å². The molecule has 2 aromatic heterocycles. The quantitative estimate of drug-likeness (QED) is 0.677. The van der Waals surface area contributed by atoms with Crippen LogP contribution in [0.4, 0.5) is 5.69 Å². The van der Waals surface area contributed by atoms with Gasteiger partial charge in [0.2, 0.25) is 0 Å². The van der Waals surface area contributed by atoms with Crippen LogP contribution in [0.15, 0.2) is 29.6 Å². The number of thiophene rings is 1. The Balaban J connectivity index is 1.69. The number of anilines is 1. The van der Waals surface area contributed by atoms with Crippen molar-refractivity contribution in [1.82, 2.24) is 15.1 Å². The molecule has 0 radical (unpaired) electrons. The Labute approximate surface area is 125 Å². The molecule has 1 aliphatic rings. The molecule has 4 rings (SSSR count). The molecule has 3 aromatic rings. The summed E-state index contributed by atoms with van der Waals surface area (Å²) in [5.41, 5.74) is 8.99. The van der Waals surface area contributed by atoms with Gasteiger partial charge in [0.1, 0.15) is 0 Å². The first-order valence-electron chi connectivity index (χ1n) is 6.80. The molecule has 21 heavy (non-hydrogen) atoms. The second-order valence-corrected chi connectivity index (χ2v) is 6.22. The molecule has 0 saturated carbocycles. The molecule has 1 aromatic carbocycles. The van der Waals surface area contributed by atoms with Crippen LogP contribution in [-0.4, -0.2) is 27.5 Å². The smallest absolute Gasteiger partial charge is 0.275 e. The number of rotatable bonds is 1. The Bertz CT molecular complexity index is 835. The van der Waals surface area contributed by atoms with Gasteiger partial charge in [-0.2, -0.15) is 5.10 Å². The number of hydrogen-bond donors (Lipinski definition) is 2. The average molecular weight is 298 g/mol. The van der Waals surface area contributed by atoms with Crippen molar-refractivity contribution in [3.63, 3.8) is 0 Å². The number of carbonyl (C=O) groups is 1. The zero-order chi connectivity index (χ0) is 14.4.